The normalized spacial score (nSPS) is 19.5. The largest absolute Gasteiger partial charge is 0.492 e. The molecular weight excluding hydrogens is 286 g/mol. The molecule has 23 heavy (non-hydrogen) atoms. The second-order valence-electron chi connectivity index (χ2n) is 6.50. The number of fused-ring (bicyclic) bond motifs is 2. The van der Waals surface area contributed by atoms with Crippen LogP contribution in [-0.4, -0.2) is 19.1 Å². The summed E-state index contributed by atoms with van der Waals surface area (Å²) in [5, 5.41) is 0. The first kappa shape index (κ1) is 14.3. The van der Waals surface area contributed by atoms with Gasteiger partial charge in [0.1, 0.15) is 12.4 Å². The summed E-state index contributed by atoms with van der Waals surface area (Å²) in [6, 6.07) is 14.4. The number of para-hydroxylation sites is 2. The van der Waals surface area contributed by atoms with E-state index in [4.69, 9.17) is 4.74 Å². The number of amides is 1. The van der Waals surface area contributed by atoms with Crippen LogP contribution in [0.4, 0.5) is 5.69 Å². The Labute approximate surface area is 136 Å². The number of benzene rings is 2. The lowest BCUT2D eigenvalue weighted by Crippen LogP contribution is -2.43. The number of anilines is 1. The van der Waals surface area contributed by atoms with E-state index in [1.165, 1.54) is 11.1 Å². The van der Waals surface area contributed by atoms with Crippen LogP contribution in [0.25, 0.3) is 0 Å². The lowest BCUT2D eigenvalue weighted by atomic mass is 9.92. The predicted octanol–water partition coefficient (Wildman–Crippen LogP) is 3.53. The van der Waals surface area contributed by atoms with Crippen LogP contribution in [0.1, 0.15) is 23.1 Å². The molecule has 3 heteroatoms. The molecule has 1 atom stereocenters. The summed E-state index contributed by atoms with van der Waals surface area (Å²) in [5.41, 5.74) is 4.75. The van der Waals surface area contributed by atoms with E-state index in [0.717, 1.165) is 42.8 Å². The number of carbonyl (C=O) groups is 1. The first-order valence-electron chi connectivity index (χ1n) is 8.34. The number of ether oxygens (including phenoxy) is 1. The van der Waals surface area contributed by atoms with E-state index in [0.29, 0.717) is 6.61 Å². The molecule has 0 saturated carbocycles. The summed E-state index contributed by atoms with van der Waals surface area (Å²) in [6.07, 6.45) is 2.86. The molecule has 0 aromatic heterocycles. The van der Waals surface area contributed by atoms with Gasteiger partial charge in [0, 0.05) is 12.2 Å². The number of rotatable bonds is 1. The van der Waals surface area contributed by atoms with Crippen LogP contribution in [0.5, 0.6) is 5.75 Å². The molecule has 2 aromatic rings. The fourth-order valence-electron chi connectivity index (χ4n) is 3.77. The van der Waals surface area contributed by atoms with Gasteiger partial charge in [0.05, 0.1) is 5.92 Å². The Morgan fingerprint density at radius 3 is 2.87 bits per heavy atom. The Bertz CT molecular complexity index is 753. The van der Waals surface area contributed by atoms with Crippen molar-refractivity contribution in [2.45, 2.75) is 26.2 Å². The van der Waals surface area contributed by atoms with E-state index >= 15 is 0 Å². The first-order chi connectivity index (χ1) is 11.2. The smallest absolute Gasteiger partial charge is 0.233 e. The molecule has 1 amide bonds. The number of aryl methyl sites for hydroxylation is 2. The average molecular weight is 307 g/mol. The molecule has 0 bridgehead atoms. The fourth-order valence-corrected chi connectivity index (χ4v) is 3.77. The molecule has 0 radical (unpaired) electrons. The van der Waals surface area contributed by atoms with Gasteiger partial charge < -0.3 is 9.64 Å². The van der Waals surface area contributed by atoms with Crippen LogP contribution >= 0.6 is 0 Å². The van der Waals surface area contributed by atoms with Crippen LogP contribution < -0.4 is 9.64 Å². The highest BCUT2D eigenvalue weighted by atomic mass is 16.5. The SMILES string of the molecule is Cc1cccc2c1N(C(=O)C1COc3ccccc3C1)CCC2. The number of carbonyl (C=O) groups excluding carboxylic acids is 1. The van der Waals surface area contributed by atoms with Crippen LogP contribution in [-0.2, 0) is 17.6 Å². The summed E-state index contributed by atoms with van der Waals surface area (Å²) in [5.74, 6) is 1.04. The van der Waals surface area contributed by atoms with Gasteiger partial charge in [-0.2, -0.15) is 0 Å². The fraction of sp³-hybridized carbons (Fsp3) is 0.350. The maximum Gasteiger partial charge on any atom is 0.233 e. The Kier molecular flexibility index (Phi) is 3.56. The molecule has 0 aliphatic carbocycles. The Morgan fingerprint density at radius 2 is 1.96 bits per heavy atom. The topological polar surface area (TPSA) is 29.5 Å². The van der Waals surface area contributed by atoms with E-state index in [1.807, 2.05) is 23.1 Å². The highest BCUT2D eigenvalue weighted by Gasteiger charge is 2.32. The van der Waals surface area contributed by atoms with Crippen molar-refractivity contribution >= 4 is 11.6 Å². The van der Waals surface area contributed by atoms with Gasteiger partial charge in [-0.1, -0.05) is 36.4 Å². The van der Waals surface area contributed by atoms with E-state index in [1.54, 1.807) is 0 Å². The Hall–Kier alpha value is -2.29. The van der Waals surface area contributed by atoms with Gasteiger partial charge in [-0.15, -0.1) is 0 Å². The van der Waals surface area contributed by atoms with E-state index < -0.39 is 0 Å². The number of hydrogen-bond acceptors (Lipinski definition) is 2. The van der Waals surface area contributed by atoms with Crippen molar-refractivity contribution in [2.75, 3.05) is 18.1 Å². The minimum absolute atomic E-state index is 0.0875. The molecule has 3 nitrogen and oxygen atoms in total. The first-order valence-corrected chi connectivity index (χ1v) is 8.34. The van der Waals surface area contributed by atoms with Crippen molar-refractivity contribution in [1.82, 2.24) is 0 Å². The van der Waals surface area contributed by atoms with Crippen LogP contribution in [0.15, 0.2) is 42.5 Å². The third-order valence-corrected chi connectivity index (χ3v) is 4.91. The molecule has 2 aliphatic heterocycles. The van der Waals surface area contributed by atoms with Crippen LogP contribution in [0.3, 0.4) is 0 Å². The summed E-state index contributed by atoms with van der Waals surface area (Å²) in [6.45, 7) is 3.39. The molecule has 0 saturated heterocycles. The monoisotopic (exact) mass is 307 g/mol. The highest BCUT2D eigenvalue weighted by molar-refractivity contribution is 5.97. The molecule has 4 rings (SSSR count). The number of nitrogens with zero attached hydrogens (tertiary/aromatic N) is 1. The third-order valence-electron chi connectivity index (χ3n) is 4.91. The summed E-state index contributed by atoms with van der Waals surface area (Å²) in [7, 11) is 0. The van der Waals surface area contributed by atoms with E-state index in [-0.39, 0.29) is 11.8 Å². The molecule has 0 spiro atoms. The van der Waals surface area contributed by atoms with Crippen molar-refractivity contribution in [3.63, 3.8) is 0 Å². The summed E-state index contributed by atoms with van der Waals surface area (Å²) < 4.78 is 5.82. The zero-order chi connectivity index (χ0) is 15.8. The van der Waals surface area contributed by atoms with Gasteiger partial charge in [0.15, 0.2) is 0 Å². The minimum atomic E-state index is -0.0875. The van der Waals surface area contributed by atoms with Gasteiger partial charge in [0.2, 0.25) is 5.91 Å². The predicted molar refractivity (Wildman–Crippen MR) is 91.0 cm³/mol. The molecule has 0 fully saturated rings. The van der Waals surface area contributed by atoms with Crippen LogP contribution in [0.2, 0.25) is 0 Å². The molecule has 2 aromatic carbocycles. The lowest BCUT2D eigenvalue weighted by Gasteiger charge is -2.35. The van der Waals surface area contributed by atoms with Crippen molar-refractivity contribution in [3.8, 4) is 5.75 Å². The molecule has 0 N–H and O–H groups in total. The van der Waals surface area contributed by atoms with Crippen LogP contribution in [0, 0.1) is 12.8 Å². The molecule has 118 valence electrons. The quantitative estimate of drug-likeness (QED) is 0.806. The van der Waals surface area contributed by atoms with Gasteiger partial charge >= 0.3 is 0 Å². The van der Waals surface area contributed by atoms with Crippen molar-refractivity contribution < 1.29 is 9.53 Å². The number of hydrogen-bond donors (Lipinski definition) is 0. The molecule has 2 aliphatic rings. The zero-order valence-electron chi connectivity index (χ0n) is 13.4. The highest BCUT2D eigenvalue weighted by Crippen LogP contribution is 2.34. The standard InChI is InChI=1S/C20H21NO2/c1-14-6-4-8-15-9-5-11-21(19(14)15)20(22)17-12-16-7-2-3-10-18(16)23-13-17/h2-4,6-8,10,17H,5,9,11-13H2,1H3. The van der Waals surface area contributed by atoms with Crippen molar-refractivity contribution in [3.05, 3.63) is 59.2 Å². The molecular formula is C20H21NO2. The Balaban J connectivity index is 1.62. The maximum atomic E-state index is 13.1. The maximum absolute atomic E-state index is 13.1. The molecule has 2 heterocycles. The zero-order valence-corrected chi connectivity index (χ0v) is 13.4. The minimum Gasteiger partial charge on any atom is -0.492 e. The van der Waals surface area contributed by atoms with Crippen molar-refractivity contribution in [2.24, 2.45) is 5.92 Å². The van der Waals surface area contributed by atoms with E-state index in [2.05, 4.69) is 31.2 Å². The summed E-state index contributed by atoms with van der Waals surface area (Å²) in [4.78, 5) is 15.1. The average Bonchev–Trinajstić information content (AvgIpc) is 2.60. The third kappa shape index (κ3) is 2.50. The second-order valence-corrected chi connectivity index (χ2v) is 6.50. The van der Waals surface area contributed by atoms with Gasteiger partial charge in [0.25, 0.3) is 0 Å². The molecule has 1 unspecified atom stereocenters. The Morgan fingerprint density at radius 1 is 1.13 bits per heavy atom. The summed E-state index contributed by atoms with van der Waals surface area (Å²) >= 11 is 0. The van der Waals surface area contributed by atoms with E-state index in [9.17, 15) is 4.79 Å². The second kappa shape index (κ2) is 5.73. The van der Waals surface area contributed by atoms with Gasteiger partial charge in [-0.3, -0.25) is 4.79 Å². The van der Waals surface area contributed by atoms with Gasteiger partial charge in [-0.05, 0) is 48.9 Å². The van der Waals surface area contributed by atoms with Gasteiger partial charge in [-0.25, -0.2) is 0 Å². The lowest BCUT2D eigenvalue weighted by molar-refractivity contribution is -0.123. The van der Waals surface area contributed by atoms with Crippen molar-refractivity contribution in [1.29, 1.82) is 0 Å².